The van der Waals surface area contributed by atoms with E-state index in [2.05, 4.69) is 6.07 Å². The number of hydrogen-bond acceptors (Lipinski definition) is 3. The summed E-state index contributed by atoms with van der Waals surface area (Å²) in [6.45, 7) is 1.35. The lowest BCUT2D eigenvalue weighted by Gasteiger charge is -2.07. The monoisotopic (exact) mass is 237 g/mol. The molecule has 2 aromatic rings. The van der Waals surface area contributed by atoms with Crippen LogP contribution in [0.4, 0.5) is 0 Å². The smallest absolute Gasteiger partial charge is 0.308 e. The summed E-state index contributed by atoms with van der Waals surface area (Å²) in [7, 11) is 0. The Kier molecular flexibility index (Phi) is 3.40. The maximum atomic E-state index is 10.9. The zero-order valence-electron chi connectivity index (χ0n) is 9.88. The molecule has 0 spiro atoms. The summed E-state index contributed by atoms with van der Waals surface area (Å²) in [6.07, 6.45) is 0. The molecule has 3 nitrogen and oxygen atoms in total. The van der Waals surface area contributed by atoms with Gasteiger partial charge in [-0.25, -0.2) is 0 Å². The number of carbonyl (C=O) groups excluding carboxylic acids is 1. The van der Waals surface area contributed by atoms with Crippen molar-refractivity contribution in [1.29, 1.82) is 5.26 Å². The van der Waals surface area contributed by atoms with Gasteiger partial charge in [0.05, 0.1) is 11.6 Å². The van der Waals surface area contributed by atoms with E-state index in [0.717, 1.165) is 11.1 Å². The van der Waals surface area contributed by atoms with Crippen LogP contribution in [0.15, 0.2) is 48.5 Å². The molecule has 0 fully saturated rings. The molecule has 0 aliphatic heterocycles. The molecular weight excluding hydrogens is 226 g/mol. The zero-order valence-corrected chi connectivity index (χ0v) is 9.88. The molecule has 0 aliphatic carbocycles. The highest BCUT2D eigenvalue weighted by Crippen LogP contribution is 2.27. The number of esters is 1. The Morgan fingerprint density at radius 2 is 1.89 bits per heavy atom. The largest absolute Gasteiger partial charge is 0.427 e. The third kappa shape index (κ3) is 2.55. The molecule has 0 aromatic heterocycles. The minimum Gasteiger partial charge on any atom is -0.427 e. The predicted octanol–water partition coefficient (Wildman–Crippen LogP) is 3.15. The molecule has 0 saturated carbocycles. The molecule has 0 saturated heterocycles. The minimum absolute atomic E-state index is 0.376. The number of rotatable bonds is 2. The Bertz CT molecular complexity index is 612. The molecule has 0 unspecified atom stereocenters. The summed E-state index contributed by atoms with van der Waals surface area (Å²) in [6, 6.07) is 16.6. The van der Waals surface area contributed by atoms with Gasteiger partial charge in [0.25, 0.3) is 0 Å². The normalized spacial score (nSPS) is 9.56. The lowest BCUT2D eigenvalue weighted by atomic mass is 10.0. The summed E-state index contributed by atoms with van der Waals surface area (Å²) in [4.78, 5) is 10.9. The van der Waals surface area contributed by atoms with Crippen LogP contribution in [0.25, 0.3) is 11.1 Å². The summed E-state index contributed by atoms with van der Waals surface area (Å²) >= 11 is 0. The highest BCUT2D eigenvalue weighted by atomic mass is 16.5. The van der Waals surface area contributed by atoms with Gasteiger partial charge in [0.15, 0.2) is 0 Å². The molecule has 0 aliphatic rings. The van der Waals surface area contributed by atoms with E-state index in [-0.39, 0.29) is 5.97 Å². The number of benzene rings is 2. The number of carbonyl (C=O) groups is 1. The number of ether oxygens (including phenoxy) is 1. The van der Waals surface area contributed by atoms with E-state index in [1.54, 1.807) is 18.2 Å². The first-order valence-corrected chi connectivity index (χ1v) is 5.48. The predicted molar refractivity (Wildman–Crippen MR) is 67.9 cm³/mol. The standard InChI is InChI=1S/C15H11NO2/c1-11(17)18-14-8-7-13(10-16)15(9-14)12-5-3-2-4-6-12/h2-9H,1H3. The molecule has 2 aromatic carbocycles. The first kappa shape index (κ1) is 11.9. The zero-order chi connectivity index (χ0) is 13.0. The van der Waals surface area contributed by atoms with Gasteiger partial charge in [-0.3, -0.25) is 4.79 Å². The quantitative estimate of drug-likeness (QED) is 0.595. The molecular formula is C15H11NO2. The molecule has 88 valence electrons. The molecule has 0 N–H and O–H groups in total. The van der Waals surface area contributed by atoms with Crippen LogP contribution < -0.4 is 4.74 Å². The summed E-state index contributed by atoms with van der Waals surface area (Å²) < 4.78 is 5.03. The van der Waals surface area contributed by atoms with E-state index >= 15 is 0 Å². The average Bonchev–Trinajstić information content (AvgIpc) is 2.39. The third-order valence-corrected chi connectivity index (χ3v) is 2.46. The van der Waals surface area contributed by atoms with Crippen molar-refractivity contribution >= 4 is 5.97 Å². The second-order valence-electron chi connectivity index (χ2n) is 3.78. The second-order valence-corrected chi connectivity index (χ2v) is 3.78. The second kappa shape index (κ2) is 5.15. The van der Waals surface area contributed by atoms with Gasteiger partial charge in [-0.2, -0.15) is 5.26 Å². The maximum Gasteiger partial charge on any atom is 0.308 e. The van der Waals surface area contributed by atoms with Gasteiger partial charge < -0.3 is 4.74 Å². The van der Waals surface area contributed by atoms with Crippen molar-refractivity contribution < 1.29 is 9.53 Å². The van der Waals surface area contributed by atoms with Crippen molar-refractivity contribution in [2.45, 2.75) is 6.92 Å². The van der Waals surface area contributed by atoms with Crippen molar-refractivity contribution in [2.75, 3.05) is 0 Å². The van der Waals surface area contributed by atoms with Gasteiger partial charge in [-0.05, 0) is 23.8 Å². The molecule has 0 bridgehead atoms. The Balaban J connectivity index is 2.50. The van der Waals surface area contributed by atoms with E-state index in [1.165, 1.54) is 6.92 Å². The molecule has 2 rings (SSSR count). The summed E-state index contributed by atoms with van der Waals surface area (Å²) in [5.41, 5.74) is 2.23. The highest BCUT2D eigenvalue weighted by molar-refractivity contribution is 5.74. The van der Waals surface area contributed by atoms with Crippen LogP contribution >= 0.6 is 0 Å². The first-order valence-electron chi connectivity index (χ1n) is 5.48. The molecule has 0 atom stereocenters. The minimum atomic E-state index is -0.376. The lowest BCUT2D eigenvalue weighted by Crippen LogP contribution is -2.01. The van der Waals surface area contributed by atoms with Gasteiger partial charge in [0, 0.05) is 12.5 Å². The van der Waals surface area contributed by atoms with Crippen LogP contribution in [-0.2, 0) is 4.79 Å². The van der Waals surface area contributed by atoms with Gasteiger partial charge in [0.2, 0.25) is 0 Å². The highest BCUT2D eigenvalue weighted by Gasteiger charge is 2.07. The van der Waals surface area contributed by atoms with Crippen molar-refractivity contribution in [3.05, 3.63) is 54.1 Å². The van der Waals surface area contributed by atoms with Crippen LogP contribution in [0.1, 0.15) is 12.5 Å². The van der Waals surface area contributed by atoms with E-state index in [1.807, 2.05) is 30.3 Å². The first-order chi connectivity index (χ1) is 8.70. The van der Waals surface area contributed by atoms with Gasteiger partial charge in [0.1, 0.15) is 5.75 Å². The SMILES string of the molecule is CC(=O)Oc1ccc(C#N)c(-c2ccccc2)c1. The van der Waals surface area contributed by atoms with E-state index in [4.69, 9.17) is 10.00 Å². The number of hydrogen-bond donors (Lipinski definition) is 0. The van der Waals surface area contributed by atoms with Crippen LogP contribution in [0.3, 0.4) is 0 Å². The maximum absolute atomic E-state index is 10.9. The van der Waals surface area contributed by atoms with Crippen LogP contribution in [0.5, 0.6) is 5.75 Å². The molecule has 0 amide bonds. The number of nitrogens with zero attached hydrogens (tertiary/aromatic N) is 1. The van der Waals surface area contributed by atoms with Crippen molar-refractivity contribution in [2.24, 2.45) is 0 Å². The van der Waals surface area contributed by atoms with Crippen LogP contribution in [-0.4, -0.2) is 5.97 Å². The van der Waals surface area contributed by atoms with Gasteiger partial charge in [-0.15, -0.1) is 0 Å². The topological polar surface area (TPSA) is 50.1 Å². The molecule has 18 heavy (non-hydrogen) atoms. The van der Waals surface area contributed by atoms with Gasteiger partial charge >= 0.3 is 5.97 Å². The van der Waals surface area contributed by atoms with Gasteiger partial charge in [-0.1, -0.05) is 30.3 Å². The van der Waals surface area contributed by atoms with Crippen LogP contribution in [0.2, 0.25) is 0 Å². The fourth-order valence-electron chi connectivity index (χ4n) is 1.71. The number of nitriles is 1. The van der Waals surface area contributed by atoms with Crippen molar-refractivity contribution in [3.63, 3.8) is 0 Å². The van der Waals surface area contributed by atoms with Crippen molar-refractivity contribution in [3.8, 4) is 22.9 Å². The summed E-state index contributed by atoms with van der Waals surface area (Å²) in [5.74, 6) is 0.0686. The van der Waals surface area contributed by atoms with E-state index < -0.39 is 0 Å². The third-order valence-electron chi connectivity index (χ3n) is 2.46. The lowest BCUT2D eigenvalue weighted by molar-refractivity contribution is -0.131. The Labute approximate surface area is 105 Å². The fourth-order valence-corrected chi connectivity index (χ4v) is 1.71. The summed E-state index contributed by atoms with van der Waals surface area (Å²) in [5, 5.41) is 9.09. The van der Waals surface area contributed by atoms with Crippen LogP contribution in [0, 0.1) is 11.3 Å². The Morgan fingerprint density at radius 3 is 2.50 bits per heavy atom. The Hall–Kier alpha value is -2.60. The molecule has 0 heterocycles. The fraction of sp³-hybridized carbons (Fsp3) is 0.0667. The average molecular weight is 237 g/mol. The van der Waals surface area contributed by atoms with Crippen molar-refractivity contribution in [1.82, 2.24) is 0 Å². The Morgan fingerprint density at radius 1 is 1.17 bits per heavy atom. The van der Waals surface area contributed by atoms with E-state index in [9.17, 15) is 4.79 Å². The molecule has 0 radical (unpaired) electrons. The molecule has 3 heteroatoms. The van der Waals surface area contributed by atoms with E-state index in [0.29, 0.717) is 11.3 Å².